The van der Waals surface area contributed by atoms with Crippen LogP contribution in [0.25, 0.3) is 0 Å². The van der Waals surface area contributed by atoms with Crippen molar-refractivity contribution in [3.8, 4) is 0 Å². The van der Waals surface area contributed by atoms with Crippen molar-refractivity contribution in [3.63, 3.8) is 0 Å². The van der Waals surface area contributed by atoms with Gasteiger partial charge in [0.1, 0.15) is 5.56 Å². The zero-order valence-corrected chi connectivity index (χ0v) is 15.8. The number of carbonyl (C=O) groups excluding carboxylic acids is 1. The molecule has 2 aromatic rings. The highest BCUT2D eigenvalue weighted by atomic mass is 32.2. The van der Waals surface area contributed by atoms with E-state index in [2.05, 4.69) is 0 Å². The van der Waals surface area contributed by atoms with Gasteiger partial charge in [0.25, 0.3) is 11.6 Å². The van der Waals surface area contributed by atoms with Crippen LogP contribution in [0, 0.1) is 17.0 Å². The monoisotopic (exact) mass is 394 g/mol. The second-order valence-electron chi connectivity index (χ2n) is 6.29. The average Bonchev–Trinajstić information content (AvgIpc) is 3.16. The van der Waals surface area contributed by atoms with Crippen LogP contribution < -0.4 is 0 Å². The summed E-state index contributed by atoms with van der Waals surface area (Å²) in [4.78, 5) is 26.3. The molecule has 0 spiro atoms. The van der Waals surface area contributed by atoms with Crippen molar-refractivity contribution in [2.45, 2.75) is 25.9 Å². The number of nitrogens with zero attached hydrogens (tertiary/aromatic N) is 2. The Balaban J connectivity index is 1.99. The summed E-state index contributed by atoms with van der Waals surface area (Å²) in [6.07, 6.45) is 0.346. The smallest absolute Gasteiger partial charge is 0.282 e. The van der Waals surface area contributed by atoms with Crippen molar-refractivity contribution in [3.05, 3.63) is 61.8 Å². The number of carbonyl (C=O) groups is 1. The topological polar surface area (TPSA) is 97.6 Å². The Hall–Kier alpha value is -2.26. The molecule has 0 aliphatic carbocycles. The quantitative estimate of drug-likeness (QED) is 0.574. The zero-order chi connectivity index (χ0) is 18.9. The van der Waals surface area contributed by atoms with Crippen molar-refractivity contribution < 1.29 is 18.1 Å². The molecule has 1 atom stereocenters. The first-order valence-corrected chi connectivity index (χ1v) is 10.8. The summed E-state index contributed by atoms with van der Waals surface area (Å²) in [5.74, 6) is -0.585. The summed E-state index contributed by atoms with van der Waals surface area (Å²) < 4.78 is 23.8. The van der Waals surface area contributed by atoms with Gasteiger partial charge in [-0.05, 0) is 36.4 Å². The van der Waals surface area contributed by atoms with Crippen LogP contribution in [0.4, 0.5) is 5.69 Å². The predicted octanol–water partition coefficient (Wildman–Crippen LogP) is 2.79. The SMILES string of the molecule is Cc1ccsc1CN(C(=O)c1ccccc1[N+](=O)[O-])[C@H]1CCS(=O)(=O)C1. The number of para-hydroxylation sites is 1. The number of amides is 1. The Morgan fingerprint density at radius 3 is 2.65 bits per heavy atom. The molecule has 0 bridgehead atoms. The van der Waals surface area contributed by atoms with Crippen LogP contribution in [-0.2, 0) is 16.4 Å². The van der Waals surface area contributed by atoms with Crippen molar-refractivity contribution in [2.24, 2.45) is 0 Å². The van der Waals surface area contributed by atoms with Gasteiger partial charge in [0.05, 0.1) is 23.0 Å². The van der Waals surface area contributed by atoms with E-state index in [0.29, 0.717) is 6.42 Å². The molecular formula is C17H18N2O5S2. The van der Waals surface area contributed by atoms with Gasteiger partial charge in [0.2, 0.25) is 0 Å². The fourth-order valence-electron chi connectivity index (χ4n) is 3.08. The number of hydrogen-bond donors (Lipinski definition) is 0. The second-order valence-corrected chi connectivity index (χ2v) is 9.52. The normalized spacial score (nSPS) is 18.6. The molecular weight excluding hydrogens is 376 g/mol. The minimum Gasteiger partial charge on any atom is -0.329 e. The second kappa shape index (κ2) is 7.16. The number of nitro benzene ring substituents is 1. The minimum absolute atomic E-state index is 0.0176. The van der Waals surface area contributed by atoms with Crippen LogP contribution >= 0.6 is 11.3 Å². The third kappa shape index (κ3) is 3.78. The van der Waals surface area contributed by atoms with Gasteiger partial charge in [-0.3, -0.25) is 14.9 Å². The Labute approximate surface area is 155 Å². The molecule has 1 fully saturated rings. The highest BCUT2D eigenvalue weighted by Gasteiger charge is 2.37. The molecule has 1 amide bonds. The molecule has 0 N–H and O–H groups in total. The molecule has 1 aromatic heterocycles. The molecule has 0 unspecified atom stereocenters. The van der Waals surface area contributed by atoms with Crippen molar-refractivity contribution in [2.75, 3.05) is 11.5 Å². The van der Waals surface area contributed by atoms with Gasteiger partial charge in [0.15, 0.2) is 9.84 Å². The van der Waals surface area contributed by atoms with E-state index >= 15 is 0 Å². The Morgan fingerprint density at radius 2 is 2.08 bits per heavy atom. The molecule has 9 heteroatoms. The standard InChI is InChI=1S/C17H18N2O5S2/c1-12-6-8-25-16(12)10-18(13-7-9-26(23,24)11-13)17(20)14-4-2-3-5-15(14)19(21)22/h2-6,8,13H,7,9-11H2,1H3/t13-/m0/s1. The van der Waals surface area contributed by atoms with Crippen LogP contribution in [0.5, 0.6) is 0 Å². The van der Waals surface area contributed by atoms with Gasteiger partial charge >= 0.3 is 0 Å². The first-order valence-electron chi connectivity index (χ1n) is 8.06. The van der Waals surface area contributed by atoms with E-state index in [1.807, 2.05) is 18.4 Å². The third-order valence-corrected chi connectivity index (χ3v) is 7.28. The zero-order valence-electron chi connectivity index (χ0n) is 14.1. The van der Waals surface area contributed by atoms with Gasteiger partial charge < -0.3 is 4.90 Å². The predicted molar refractivity (Wildman–Crippen MR) is 99.1 cm³/mol. The molecule has 3 rings (SSSR count). The van der Waals surface area contributed by atoms with E-state index < -0.39 is 26.7 Å². The molecule has 1 aliphatic rings. The molecule has 1 aromatic carbocycles. The van der Waals surface area contributed by atoms with Crippen LogP contribution in [0.2, 0.25) is 0 Å². The van der Waals surface area contributed by atoms with Crippen LogP contribution in [0.3, 0.4) is 0 Å². The number of hydrogen-bond acceptors (Lipinski definition) is 6. The summed E-state index contributed by atoms with van der Waals surface area (Å²) in [5, 5.41) is 13.2. The lowest BCUT2D eigenvalue weighted by Crippen LogP contribution is -2.40. The first kappa shape index (κ1) is 18.5. The van der Waals surface area contributed by atoms with E-state index in [1.165, 1.54) is 34.4 Å². The fourth-order valence-corrected chi connectivity index (χ4v) is 5.71. The first-order chi connectivity index (χ1) is 12.3. The van der Waals surface area contributed by atoms with Crippen molar-refractivity contribution in [1.29, 1.82) is 0 Å². The number of benzene rings is 1. The Kier molecular flexibility index (Phi) is 5.10. The van der Waals surface area contributed by atoms with Gasteiger partial charge in [-0.25, -0.2) is 8.42 Å². The summed E-state index contributed by atoms with van der Waals surface area (Å²) >= 11 is 1.48. The Bertz CT molecular complexity index is 952. The van der Waals surface area contributed by atoms with E-state index in [9.17, 15) is 23.3 Å². The average molecular weight is 394 g/mol. The van der Waals surface area contributed by atoms with E-state index in [0.717, 1.165) is 10.4 Å². The lowest BCUT2D eigenvalue weighted by Gasteiger charge is -2.28. The lowest BCUT2D eigenvalue weighted by molar-refractivity contribution is -0.385. The molecule has 26 heavy (non-hydrogen) atoms. The summed E-state index contributed by atoms with van der Waals surface area (Å²) in [5.41, 5.74) is 0.721. The van der Waals surface area contributed by atoms with E-state index in [1.54, 1.807) is 6.07 Å². The number of sulfone groups is 1. The van der Waals surface area contributed by atoms with Crippen molar-refractivity contribution in [1.82, 2.24) is 4.90 Å². The molecule has 2 heterocycles. The maximum Gasteiger partial charge on any atom is 0.282 e. The number of rotatable bonds is 5. The Morgan fingerprint density at radius 1 is 1.35 bits per heavy atom. The summed E-state index contributed by atoms with van der Waals surface area (Å²) in [6.45, 7) is 2.17. The van der Waals surface area contributed by atoms with E-state index in [-0.39, 0.29) is 29.3 Å². The van der Waals surface area contributed by atoms with Crippen LogP contribution in [0.1, 0.15) is 27.2 Å². The van der Waals surface area contributed by atoms with Gasteiger partial charge in [-0.15, -0.1) is 11.3 Å². The van der Waals surface area contributed by atoms with E-state index in [4.69, 9.17) is 0 Å². The van der Waals surface area contributed by atoms with Crippen LogP contribution in [-0.4, -0.2) is 41.7 Å². The fraction of sp³-hybridized carbons (Fsp3) is 0.353. The molecule has 1 aliphatic heterocycles. The molecule has 7 nitrogen and oxygen atoms in total. The van der Waals surface area contributed by atoms with Gasteiger partial charge in [-0.1, -0.05) is 12.1 Å². The largest absolute Gasteiger partial charge is 0.329 e. The maximum atomic E-state index is 13.1. The van der Waals surface area contributed by atoms with Crippen LogP contribution in [0.15, 0.2) is 35.7 Å². The third-order valence-electron chi connectivity index (χ3n) is 4.52. The number of thiophene rings is 1. The summed E-state index contributed by atoms with van der Waals surface area (Å²) in [7, 11) is -3.20. The van der Waals surface area contributed by atoms with Gasteiger partial charge in [-0.2, -0.15) is 0 Å². The lowest BCUT2D eigenvalue weighted by atomic mass is 10.1. The highest BCUT2D eigenvalue weighted by molar-refractivity contribution is 7.91. The molecule has 1 saturated heterocycles. The highest BCUT2D eigenvalue weighted by Crippen LogP contribution is 2.28. The number of nitro groups is 1. The minimum atomic E-state index is -3.20. The molecule has 138 valence electrons. The molecule has 0 radical (unpaired) electrons. The van der Waals surface area contributed by atoms with Gasteiger partial charge in [0, 0.05) is 17.0 Å². The molecule has 0 saturated carbocycles. The number of aryl methyl sites for hydroxylation is 1. The van der Waals surface area contributed by atoms with Crippen molar-refractivity contribution >= 4 is 32.8 Å². The maximum absolute atomic E-state index is 13.1. The summed E-state index contributed by atoms with van der Waals surface area (Å²) in [6, 6.07) is 7.22.